The lowest BCUT2D eigenvalue weighted by Crippen LogP contribution is -2.53. The van der Waals surface area contributed by atoms with Gasteiger partial charge in [0.05, 0.1) is 30.4 Å². The van der Waals surface area contributed by atoms with Crippen LogP contribution in [-0.4, -0.2) is 82.3 Å². The molecule has 294 valence electrons. The van der Waals surface area contributed by atoms with E-state index in [9.17, 15) is 24.0 Å². The van der Waals surface area contributed by atoms with Crippen LogP contribution in [0, 0.1) is 17.8 Å². The second-order valence-electron chi connectivity index (χ2n) is 15.2. The van der Waals surface area contributed by atoms with E-state index in [0.29, 0.717) is 33.3 Å². The highest BCUT2D eigenvalue weighted by atomic mass is 16.6. The molecule has 4 aromatic rings. The Balaban J connectivity index is 1.50. The summed E-state index contributed by atoms with van der Waals surface area (Å²) in [7, 11) is 1.23. The smallest absolute Gasteiger partial charge is 0.426 e. The van der Waals surface area contributed by atoms with E-state index in [1.165, 1.54) is 18.2 Å². The van der Waals surface area contributed by atoms with Crippen molar-refractivity contribution >= 4 is 40.9 Å². The zero-order valence-electron chi connectivity index (χ0n) is 33.1. The van der Waals surface area contributed by atoms with Crippen LogP contribution in [0.15, 0.2) is 73.1 Å². The number of esters is 1. The molecule has 0 radical (unpaired) electrons. The van der Waals surface area contributed by atoms with E-state index >= 15 is 0 Å². The molecule has 0 aliphatic carbocycles. The molecule has 0 fully saturated rings. The van der Waals surface area contributed by atoms with Crippen LogP contribution in [0.1, 0.15) is 87.2 Å². The lowest BCUT2D eigenvalue weighted by atomic mass is 10.0. The van der Waals surface area contributed by atoms with Gasteiger partial charge < -0.3 is 24.4 Å². The molecular weight excluding hydrogens is 716 g/mol. The van der Waals surface area contributed by atoms with Crippen LogP contribution in [0.3, 0.4) is 0 Å². The second kappa shape index (κ2) is 18.2. The van der Waals surface area contributed by atoms with Gasteiger partial charge in [-0.1, -0.05) is 37.8 Å². The maximum absolute atomic E-state index is 13.8. The Hall–Kier alpha value is -6.49. The Morgan fingerprint density at radius 2 is 1.39 bits per heavy atom. The van der Waals surface area contributed by atoms with Gasteiger partial charge in [0.15, 0.2) is 0 Å². The number of hydrazine groups is 1. The predicted molar refractivity (Wildman–Crippen MR) is 210 cm³/mol. The van der Waals surface area contributed by atoms with E-state index in [1.807, 2.05) is 38.1 Å². The van der Waals surface area contributed by atoms with Crippen molar-refractivity contribution in [2.75, 3.05) is 20.2 Å². The van der Waals surface area contributed by atoms with Gasteiger partial charge in [0, 0.05) is 46.6 Å². The molecule has 2 aromatic carbocycles. The third kappa shape index (κ3) is 12.3. The Morgan fingerprint density at radius 3 is 1.96 bits per heavy atom. The number of amides is 4. The van der Waals surface area contributed by atoms with E-state index in [4.69, 9.17) is 19.2 Å². The number of ether oxygens (including phenoxy) is 3. The molecule has 0 saturated heterocycles. The highest BCUT2D eigenvalue weighted by Gasteiger charge is 2.33. The Labute approximate surface area is 326 Å². The zero-order chi connectivity index (χ0) is 41.2. The summed E-state index contributed by atoms with van der Waals surface area (Å²) in [6, 6.07) is 16.2. The minimum Gasteiger partial charge on any atom is -0.467 e. The molecule has 0 aliphatic rings. The third-order valence-electron chi connectivity index (χ3n) is 7.71. The number of carbonyl (C=O) groups excluding carboxylic acids is 5. The Morgan fingerprint density at radius 1 is 0.804 bits per heavy atom. The molecule has 1 atom stereocenters. The summed E-state index contributed by atoms with van der Waals surface area (Å²) in [4.78, 5) is 74.5. The number of benzene rings is 2. The first-order valence-corrected chi connectivity index (χ1v) is 18.0. The number of fused-ring (bicyclic) bond motifs is 1. The molecule has 4 rings (SSSR count). The summed E-state index contributed by atoms with van der Waals surface area (Å²) in [5, 5.41) is 3.08. The maximum Gasteiger partial charge on any atom is 0.426 e. The first-order chi connectivity index (χ1) is 26.3. The van der Waals surface area contributed by atoms with Gasteiger partial charge in [0.1, 0.15) is 17.2 Å². The zero-order valence-corrected chi connectivity index (χ0v) is 33.1. The fraction of sp³-hybridized carbons (Fsp3) is 0.357. The molecule has 0 aliphatic heterocycles. The van der Waals surface area contributed by atoms with Crippen LogP contribution >= 0.6 is 0 Å². The van der Waals surface area contributed by atoms with E-state index in [0.717, 1.165) is 5.56 Å². The van der Waals surface area contributed by atoms with Gasteiger partial charge >= 0.3 is 18.2 Å². The highest BCUT2D eigenvalue weighted by Crippen LogP contribution is 2.25. The summed E-state index contributed by atoms with van der Waals surface area (Å²) in [5.74, 6) is 4.58. The number of pyridine rings is 2. The lowest BCUT2D eigenvalue weighted by Gasteiger charge is -2.32. The fourth-order valence-corrected chi connectivity index (χ4v) is 5.31. The lowest BCUT2D eigenvalue weighted by molar-refractivity contribution is -0.146. The van der Waals surface area contributed by atoms with Crippen LogP contribution in [0.5, 0.6) is 0 Å². The van der Waals surface area contributed by atoms with Crippen LogP contribution in [0.2, 0.25) is 0 Å². The highest BCUT2D eigenvalue weighted by molar-refractivity contribution is 6.07. The number of carbonyl (C=O) groups is 5. The van der Waals surface area contributed by atoms with Gasteiger partial charge in [0.2, 0.25) is 0 Å². The van der Waals surface area contributed by atoms with E-state index in [2.05, 4.69) is 33.0 Å². The first-order valence-electron chi connectivity index (χ1n) is 18.0. The summed E-state index contributed by atoms with van der Waals surface area (Å²) in [6.07, 6.45) is 1.60. The molecule has 2 heterocycles. The normalized spacial score (nSPS) is 11.8. The minimum absolute atomic E-state index is 0.00754. The standard InChI is InChI=1S/C42H48N6O8/c1-26(2)25-48(35(38(51)54-9)24-44-39(52)55-41(3,4)5)37(50)30-18-14-28(15-19-30)11-10-27-12-16-29(17-13-27)34-22-31(32-23-43-21-20-33(32)45-34)36(49)46-47-40(53)56-42(6,7)8/h12-23,26,35H,24-25H2,1-9H3,(H,44,52)(H,46,49)(H,47,53). The van der Waals surface area contributed by atoms with Crippen molar-refractivity contribution in [3.05, 3.63) is 95.3 Å². The van der Waals surface area contributed by atoms with Crippen LogP contribution in [0.4, 0.5) is 9.59 Å². The SMILES string of the molecule is COC(=O)C(CNC(=O)OC(C)(C)C)N(CC(C)C)C(=O)c1ccc(C#Cc2ccc(-c3cc(C(=O)NNC(=O)OC(C)(C)C)c4cnccc4n3)cc2)cc1. The van der Waals surface area contributed by atoms with Crippen molar-refractivity contribution in [1.29, 1.82) is 0 Å². The summed E-state index contributed by atoms with van der Waals surface area (Å²) in [6.45, 7) is 14.2. The van der Waals surface area contributed by atoms with Gasteiger partial charge in [-0.3, -0.25) is 20.0 Å². The minimum atomic E-state index is -1.09. The number of methoxy groups -OCH3 is 1. The molecule has 4 amide bonds. The van der Waals surface area contributed by atoms with Crippen LogP contribution in [0.25, 0.3) is 22.2 Å². The van der Waals surface area contributed by atoms with Gasteiger partial charge in [-0.2, -0.15) is 0 Å². The largest absolute Gasteiger partial charge is 0.467 e. The molecule has 56 heavy (non-hydrogen) atoms. The maximum atomic E-state index is 13.8. The van der Waals surface area contributed by atoms with Gasteiger partial charge in [-0.05, 0) is 96.0 Å². The van der Waals surface area contributed by atoms with Gasteiger partial charge in [-0.15, -0.1) is 0 Å². The van der Waals surface area contributed by atoms with Crippen LogP contribution < -0.4 is 16.2 Å². The second-order valence-corrected chi connectivity index (χ2v) is 15.2. The molecular formula is C42H48N6O8. The number of hydrogen-bond donors (Lipinski definition) is 3. The molecule has 2 aromatic heterocycles. The molecule has 0 bridgehead atoms. The van der Waals surface area contributed by atoms with E-state index < -0.39 is 47.2 Å². The molecule has 14 heteroatoms. The van der Waals surface area contributed by atoms with Crippen molar-refractivity contribution < 1.29 is 38.2 Å². The van der Waals surface area contributed by atoms with Crippen molar-refractivity contribution in [2.24, 2.45) is 5.92 Å². The number of nitrogens with zero attached hydrogens (tertiary/aromatic N) is 3. The number of hydrogen-bond acceptors (Lipinski definition) is 10. The molecule has 3 N–H and O–H groups in total. The van der Waals surface area contributed by atoms with E-state index in [1.54, 1.807) is 84.1 Å². The summed E-state index contributed by atoms with van der Waals surface area (Å²) in [5.41, 5.74) is 6.91. The monoisotopic (exact) mass is 764 g/mol. The van der Waals surface area contributed by atoms with Gasteiger partial charge in [-0.25, -0.2) is 24.8 Å². The average molecular weight is 765 g/mol. The molecule has 0 spiro atoms. The Kier molecular flexibility index (Phi) is 13.8. The van der Waals surface area contributed by atoms with E-state index in [-0.39, 0.29) is 24.6 Å². The number of aromatic nitrogens is 2. The topological polar surface area (TPSA) is 178 Å². The fourth-order valence-electron chi connectivity index (χ4n) is 5.31. The molecule has 0 saturated carbocycles. The predicted octanol–water partition coefficient (Wildman–Crippen LogP) is 6.03. The number of nitrogens with one attached hydrogen (secondary N) is 3. The van der Waals surface area contributed by atoms with Crippen LogP contribution in [-0.2, 0) is 19.0 Å². The summed E-state index contributed by atoms with van der Waals surface area (Å²) >= 11 is 0. The van der Waals surface area contributed by atoms with Crippen molar-refractivity contribution in [2.45, 2.75) is 72.6 Å². The number of rotatable bonds is 9. The average Bonchev–Trinajstić information content (AvgIpc) is 3.13. The molecule has 14 nitrogen and oxygen atoms in total. The van der Waals surface area contributed by atoms with Gasteiger partial charge in [0.25, 0.3) is 11.8 Å². The summed E-state index contributed by atoms with van der Waals surface area (Å²) < 4.78 is 15.5. The third-order valence-corrected chi connectivity index (χ3v) is 7.71. The van der Waals surface area contributed by atoms with Crippen molar-refractivity contribution in [1.82, 2.24) is 31.0 Å². The quantitative estimate of drug-likeness (QED) is 0.0789. The molecule has 1 unspecified atom stereocenters. The van der Waals surface area contributed by atoms with Crippen molar-refractivity contribution in [3.63, 3.8) is 0 Å². The number of alkyl carbamates (subject to hydrolysis) is 1. The first kappa shape index (κ1) is 42.3. The van der Waals surface area contributed by atoms with Crippen molar-refractivity contribution in [3.8, 4) is 23.1 Å². The Bertz CT molecular complexity index is 2130.